The molecular formula is C19H39Cl. The van der Waals surface area contributed by atoms with Crippen LogP contribution in [0, 0.1) is 0 Å². The fourth-order valence-electron chi connectivity index (χ4n) is 2.69. The molecule has 20 heavy (non-hydrogen) atoms. The Morgan fingerprint density at radius 2 is 0.950 bits per heavy atom. The minimum Gasteiger partial charge on any atom is -0.120 e. The lowest BCUT2D eigenvalue weighted by molar-refractivity contribution is 0.493. The minimum absolute atomic E-state index is 0.0533. The van der Waals surface area contributed by atoms with Crippen LogP contribution in [0.4, 0.5) is 0 Å². The van der Waals surface area contributed by atoms with E-state index in [1.54, 1.807) is 0 Å². The summed E-state index contributed by atoms with van der Waals surface area (Å²) in [6.07, 6.45) is 20.8. The normalized spacial score (nSPS) is 14.4. The zero-order valence-corrected chi connectivity index (χ0v) is 15.2. The molecule has 0 aromatic rings. The average Bonchev–Trinajstić information content (AvgIpc) is 2.44. The van der Waals surface area contributed by atoms with Crippen LogP contribution >= 0.6 is 11.6 Å². The van der Waals surface area contributed by atoms with Gasteiger partial charge in [0.25, 0.3) is 0 Å². The maximum atomic E-state index is 6.36. The lowest BCUT2D eigenvalue weighted by atomic mass is 9.98. The second-order valence-electron chi connectivity index (χ2n) is 6.76. The Morgan fingerprint density at radius 1 is 0.600 bits per heavy atom. The van der Waals surface area contributed by atoms with Gasteiger partial charge in [0.2, 0.25) is 0 Å². The Hall–Kier alpha value is 0.290. The van der Waals surface area contributed by atoms with Gasteiger partial charge in [-0.1, -0.05) is 97.3 Å². The van der Waals surface area contributed by atoms with Crippen molar-refractivity contribution in [2.75, 3.05) is 0 Å². The van der Waals surface area contributed by atoms with Crippen LogP contribution in [0.3, 0.4) is 0 Å². The molecule has 1 atom stereocenters. The number of hydrogen-bond acceptors (Lipinski definition) is 0. The third-order valence-corrected chi connectivity index (χ3v) is 5.00. The minimum atomic E-state index is 0.0533. The molecular weight excluding hydrogens is 264 g/mol. The molecule has 0 N–H and O–H groups in total. The molecule has 0 aromatic carbocycles. The molecule has 0 rings (SSSR count). The number of alkyl halides is 1. The van der Waals surface area contributed by atoms with E-state index in [-0.39, 0.29) is 4.87 Å². The summed E-state index contributed by atoms with van der Waals surface area (Å²) in [7, 11) is 0. The van der Waals surface area contributed by atoms with Crippen molar-refractivity contribution in [3.05, 3.63) is 0 Å². The van der Waals surface area contributed by atoms with Crippen LogP contribution in [0.15, 0.2) is 0 Å². The Labute approximate surface area is 134 Å². The standard InChI is InChI=1S/C19H39Cl/c1-4-6-7-8-9-10-11-12-13-14-15-16-17-18-19(3,20)5-2/h4-18H2,1-3H3. The molecule has 1 unspecified atom stereocenters. The first-order valence-corrected chi connectivity index (χ1v) is 9.69. The number of unbranched alkanes of at least 4 members (excludes halogenated alkanes) is 12. The summed E-state index contributed by atoms with van der Waals surface area (Å²) in [6.45, 7) is 6.65. The summed E-state index contributed by atoms with van der Waals surface area (Å²) < 4.78 is 0. The third-order valence-electron chi connectivity index (χ3n) is 4.54. The van der Waals surface area contributed by atoms with Crippen molar-refractivity contribution in [2.24, 2.45) is 0 Å². The van der Waals surface area contributed by atoms with Crippen molar-refractivity contribution < 1.29 is 0 Å². The predicted octanol–water partition coefficient (Wildman–Crippen LogP) is 7.88. The Balaban J connectivity index is 3.06. The predicted molar refractivity (Wildman–Crippen MR) is 94.9 cm³/mol. The second-order valence-corrected chi connectivity index (χ2v) is 7.67. The highest BCUT2D eigenvalue weighted by atomic mass is 35.5. The first-order valence-electron chi connectivity index (χ1n) is 9.31. The van der Waals surface area contributed by atoms with Crippen LogP contribution in [-0.4, -0.2) is 4.87 Å². The SMILES string of the molecule is CCCCCCCCCCCCCCCC(C)(Cl)CC. The molecule has 0 amide bonds. The van der Waals surface area contributed by atoms with Crippen molar-refractivity contribution in [3.63, 3.8) is 0 Å². The largest absolute Gasteiger partial charge is 0.120 e. The van der Waals surface area contributed by atoms with Gasteiger partial charge >= 0.3 is 0 Å². The van der Waals surface area contributed by atoms with E-state index in [9.17, 15) is 0 Å². The van der Waals surface area contributed by atoms with Crippen LogP contribution in [0.1, 0.15) is 117 Å². The summed E-state index contributed by atoms with van der Waals surface area (Å²) in [4.78, 5) is 0.0533. The highest BCUT2D eigenvalue weighted by Crippen LogP contribution is 2.26. The molecule has 0 heterocycles. The molecule has 0 aliphatic heterocycles. The Morgan fingerprint density at radius 3 is 1.30 bits per heavy atom. The molecule has 0 radical (unpaired) electrons. The summed E-state index contributed by atoms with van der Waals surface area (Å²) >= 11 is 6.36. The smallest absolute Gasteiger partial charge is 0.0416 e. The van der Waals surface area contributed by atoms with Gasteiger partial charge in [0.15, 0.2) is 0 Å². The fraction of sp³-hybridized carbons (Fsp3) is 1.00. The van der Waals surface area contributed by atoms with E-state index >= 15 is 0 Å². The molecule has 0 fully saturated rings. The molecule has 0 nitrogen and oxygen atoms in total. The Kier molecular flexibility index (Phi) is 14.4. The van der Waals surface area contributed by atoms with Gasteiger partial charge in [-0.15, -0.1) is 11.6 Å². The van der Waals surface area contributed by atoms with E-state index in [0.29, 0.717) is 0 Å². The van der Waals surface area contributed by atoms with Gasteiger partial charge in [0.05, 0.1) is 0 Å². The quantitative estimate of drug-likeness (QED) is 0.213. The van der Waals surface area contributed by atoms with Gasteiger partial charge in [0, 0.05) is 4.87 Å². The van der Waals surface area contributed by atoms with E-state index < -0.39 is 0 Å². The summed E-state index contributed by atoms with van der Waals surface area (Å²) in [5.41, 5.74) is 0. The average molecular weight is 303 g/mol. The molecule has 0 saturated carbocycles. The highest BCUT2D eigenvalue weighted by molar-refractivity contribution is 6.23. The number of halogens is 1. The molecule has 0 aliphatic carbocycles. The zero-order valence-electron chi connectivity index (χ0n) is 14.5. The van der Waals surface area contributed by atoms with E-state index in [1.807, 2.05) is 0 Å². The van der Waals surface area contributed by atoms with Crippen molar-refractivity contribution in [3.8, 4) is 0 Å². The summed E-state index contributed by atoms with van der Waals surface area (Å²) in [5, 5.41) is 0. The molecule has 122 valence electrons. The van der Waals surface area contributed by atoms with Crippen molar-refractivity contribution in [1.29, 1.82) is 0 Å². The molecule has 0 bridgehead atoms. The summed E-state index contributed by atoms with van der Waals surface area (Å²) in [5.74, 6) is 0. The van der Waals surface area contributed by atoms with Crippen molar-refractivity contribution in [2.45, 2.75) is 122 Å². The molecule has 1 heteroatoms. The molecule has 0 saturated heterocycles. The van der Waals surface area contributed by atoms with E-state index in [4.69, 9.17) is 11.6 Å². The van der Waals surface area contributed by atoms with Crippen molar-refractivity contribution >= 4 is 11.6 Å². The van der Waals surface area contributed by atoms with Gasteiger partial charge in [-0.25, -0.2) is 0 Å². The van der Waals surface area contributed by atoms with E-state index in [1.165, 1.54) is 89.9 Å². The van der Waals surface area contributed by atoms with Gasteiger partial charge in [-0.2, -0.15) is 0 Å². The second kappa shape index (κ2) is 14.2. The lowest BCUT2D eigenvalue weighted by Crippen LogP contribution is -2.13. The van der Waals surface area contributed by atoms with Gasteiger partial charge in [0.1, 0.15) is 0 Å². The summed E-state index contributed by atoms with van der Waals surface area (Å²) in [6, 6.07) is 0. The van der Waals surface area contributed by atoms with Crippen LogP contribution in [-0.2, 0) is 0 Å². The van der Waals surface area contributed by atoms with Crippen LogP contribution < -0.4 is 0 Å². The van der Waals surface area contributed by atoms with E-state index in [2.05, 4.69) is 20.8 Å². The first-order chi connectivity index (χ1) is 9.62. The molecule has 0 aliphatic rings. The van der Waals surface area contributed by atoms with E-state index in [0.717, 1.165) is 6.42 Å². The monoisotopic (exact) mass is 302 g/mol. The number of rotatable bonds is 15. The first kappa shape index (κ1) is 20.3. The maximum absolute atomic E-state index is 6.36. The van der Waals surface area contributed by atoms with Crippen LogP contribution in [0.5, 0.6) is 0 Å². The lowest BCUT2D eigenvalue weighted by Gasteiger charge is -2.19. The fourth-order valence-corrected chi connectivity index (χ4v) is 2.82. The molecule has 0 aromatic heterocycles. The van der Waals surface area contributed by atoms with Crippen LogP contribution in [0.25, 0.3) is 0 Å². The molecule has 0 spiro atoms. The topological polar surface area (TPSA) is 0 Å². The van der Waals surface area contributed by atoms with Gasteiger partial charge in [-0.05, 0) is 19.8 Å². The van der Waals surface area contributed by atoms with Gasteiger partial charge < -0.3 is 0 Å². The maximum Gasteiger partial charge on any atom is 0.0416 e. The van der Waals surface area contributed by atoms with Crippen molar-refractivity contribution in [1.82, 2.24) is 0 Å². The highest BCUT2D eigenvalue weighted by Gasteiger charge is 2.16. The third kappa shape index (κ3) is 14.7. The van der Waals surface area contributed by atoms with Crippen LogP contribution in [0.2, 0.25) is 0 Å². The Bertz CT molecular complexity index is 186. The zero-order chi connectivity index (χ0) is 15.1. The number of hydrogen-bond donors (Lipinski definition) is 0. The van der Waals surface area contributed by atoms with Gasteiger partial charge in [-0.3, -0.25) is 0 Å².